The molecule has 2 aliphatic rings. The molecule has 0 bridgehead atoms. The lowest BCUT2D eigenvalue weighted by atomic mass is 9.75. The number of carboxylic acid groups (broad SMARTS) is 1. The lowest BCUT2D eigenvalue weighted by molar-refractivity contribution is -0.146. The van der Waals surface area contributed by atoms with Gasteiger partial charge in [-0.15, -0.1) is 0 Å². The van der Waals surface area contributed by atoms with Gasteiger partial charge in [-0.25, -0.2) is 8.78 Å². The average Bonchev–Trinajstić information content (AvgIpc) is 2.78. The van der Waals surface area contributed by atoms with E-state index in [-0.39, 0.29) is 17.1 Å². The molecule has 4 rings (SSSR count). The van der Waals surface area contributed by atoms with Crippen molar-refractivity contribution in [1.29, 1.82) is 0 Å². The number of nitrogens with zero attached hydrogens (tertiary/aromatic N) is 1. The molecular formula is C24H25F2NO7. The van der Waals surface area contributed by atoms with Crippen LogP contribution in [-0.4, -0.2) is 66.1 Å². The van der Waals surface area contributed by atoms with E-state index in [1.165, 1.54) is 44.2 Å². The van der Waals surface area contributed by atoms with Crippen LogP contribution in [0, 0.1) is 12.7 Å². The molecule has 0 radical (unpaired) electrons. The predicted molar refractivity (Wildman–Crippen MR) is 117 cm³/mol. The van der Waals surface area contributed by atoms with Crippen molar-refractivity contribution in [3.05, 3.63) is 47.3 Å². The van der Waals surface area contributed by atoms with Crippen LogP contribution >= 0.6 is 0 Å². The number of rotatable bonds is 6. The Morgan fingerprint density at radius 1 is 1.26 bits per heavy atom. The molecule has 0 aromatic heterocycles. The summed E-state index contributed by atoms with van der Waals surface area (Å²) < 4.78 is 47.1. The average molecular weight is 477 g/mol. The first-order chi connectivity index (χ1) is 16.1. The van der Waals surface area contributed by atoms with Crippen LogP contribution in [0.5, 0.6) is 17.2 Å². The Morgan fingerprint density at radius 3 is 2.65 bits per heavy atom. The number of fused-ring (bicyclic) bond motifs is 1. The Kier molecular flexibility index (Phi) is 6.11. The first kappa shape index (κ1) is 23.7. The molecule has 0 spiro atoms. The van der Waals surface area contributed by atoms with Crippen molar-refractivity contribution >= 4 is 17.4 Å². The van der Waals surface area contributed by atoms with Crippen LogP contribution in [0.25, 0.3) is 0 Å². The Morgan fingerprint density at radius 2 is 1.97 bits per heavy atom. The number of carbonyl (C=O) groups is 2. The van der Waals surface area contributed by atoms with E-state index in [2.05, 4.69) is 0 Å². The Labute approximate surface area is 194 Å². The summed E-state index contributed by atoms with van der Waals surface area (Å²) in [6, 6.07) is 6.95. The molecule has 0 aliphatic carbocycles. The molecule has 2 atom stereocenters. The molecule has 2 heterocycles. The molecule has 0 amide bonds. The first-order valence-corrected chi connectivity index (χ1v) is 10.8. The highest BCUT2D eigenvalue weighted by molar-refractivity contribution is 6.10. The highest BCUT2D eigenvalue weighted by Crippen LogP contribution is 2.48. The minimum Gasteiger partial charge on any atom is -0.507 e. The molecule has 2 aliphatic heterocycles. The van der Waals surface area contributed by atoms with Gasteiger partial charge in [-0.3, -0.25) is 9.59 Å². The number of hydrogen-bond acceptors (Lipinski definition) is 7. The number of ether oxygens (including phenoxy) is 3. The van der Waals surface area contributed by atoms with E-state index in [4.69, 9.17) is 14.2 Å². The highest BCUT2D eigenvalue weighted by atomic mass is 19.1. The number of morpholine rings is 1. The summed E-state index contributed by atoms with van der Waals surface area (Å²) in [5.74, 6) is -3.83. The van der Waals surface area contributed by atoms with Crippen LogP contribution in [0.15, 0.2) is 30.3 Å². The number of phenols is 1. The number of alkyl halides is 1. The molecule has 182 valence electrons. The van der Waals surface area contributed by atoms with Gasteiger partial charge in [0.05, 0.1) is 19.6 Å². The molecule has 2 aromatic carbocycles. The van der Waals surface area contributed by atoms with Crippen LogP contribution in [0.2, 0.25) is 0 Å². The van der Waals surface area contributed by atoms with Gasteiger partial charge in [0.2, 0.25) is 11.5 Å². The van der Waals surface area contributed by atoms with E-state index in [1.807, 2.05) is 4.90 Å². The highest BCUT2D eigenvalue weighted by Gasteiger charge is 2.63. The van der Waals surface area contributed by atoms with Crippen LogP contribution in [-0.2, 0) is 9.53 Å². The number of phenolic OH excluding ortho intramolecular Hbond substituents is 1. The summed E-state index contributed by atoms with van der Waals surface area (Å²) in [6.45, 7) is 4.14. The van der Waals surface area contributed by atoms with E-state index in [0.29, 0.717) is 32.0 Å². The molecule has 10 heteroatoms. The topological polar surface area (TPSA) is 106 Å². The molecule has 2 unspecified atom stereocenters. The summed E-state index contributed by atoms with van der Waals surface area (Å²) in [7, 11) is 0. The van der Waals surface area contributed by atoms with Gasteiger partial charge in [0.25, 0.3) is 0 Å². The van der Waals surface area contributed by atoms with Crippen molar-refractivity contribution in [3.63, 3.8) is 0 Å². The largest absolute Gasteiger partial charge is 0.507 e. The van der Waals surface area contributed by atoms with Gasteiger partial charge in [0.1, 0.15) is 35.2 Å². The summed E-state index contributed by atoms with van der Waals surface area (Å²) >= 11 is 0. The van der Waals surface area contributed by atoms with Crippen LogP contribution in [0.3, 0.4) is 0 Å². The Hall–Kier alpha value is -3.40. The Bertz CT molecular complexity index is 1130. The number of Topliss-reactive ketones (excluding diaryl/α,β-unsaturated/α-hetero) is 1. The number of hydrogen-bond donors (Lipinski definition) is 2. The second-order valence-electron chi connectivity index (χ2n) is 8.62. The SMILES string of the molecule is Cc1c(F)cccc1OCC1(C)Oc2cc(N3CCOCC3)cc(O)c2C(=O)C1(F)CC(=O)O. The lowest BCUT2D eigenvalue weighted by Gasteiger charge is -2.45. The molecule has 1 fully saturated rings. The maximum absolute atomic E-state index is 16.3. The number of ketones is 1. The second-order valence-corrected chi connectivity index (χ2v) is 8.62. The van der Waals surface area contributed by atoms with E-state index in [1.54, 1.807) is 0 Å². The zero-order valence-electron chi connectivity index (χ0n) is 18.8. The smallest absolute Gasteiger partial charge is 0.307 e. The number of carboxylic acids is 1. The van der Waals surface area contributed by atoms with Crippen molar-refractivity contribution in [2.45, 2.75) is 31.5 Å². The molecular weight excluding hydrogens is 452 g/mol. The second kappa shape index (κ2) is 8.75. The monoisotopic (exact) mass is 477 g/mol. The lowest BCUT2D eigenvalue weighted by Crippen LogP contribution is -2.64. The first-order valence-electron chi connectivity index (χ1n) is 10.8. The fourth-order valence-corrected chi connectivity index (χ4v) is 4.24. The van der Waals surface area contributed by atoms with E-state index < -0.39 is 53.2 Å². The van der Waals surface area contributed by atoms with Gasteiger partial charge >= 0.3 is 5.97 Å². The van der Waals surface area contributed by atoms with Gasteiger partial charge in [0, 0.05) is 36.5 Å². The van der Waals surface area contributed by atoms with Gasteiger partial charge < -0.3 is 29.3 Å². The van der Waals surface area contributed by atoms with E-state index >= 15 is 4.39 Å². The predicted octanol–water partition coefficient (Wildman–Crippen LogP) is 3.27. The summed E-state index contributed by atoms with van der Waals surface area (Å²) in [6.07, 6.45) is -1.21. The van der Waals surface area contributed by atoms with Crippen LogP contribution in [0.1, 0.15) is 29.3 Å². The fourth-order valence-electron chi connectivity index (χ4n) is 4.24. The van der Waals surface area contributed by atoms with Crippen molar-refractivity contribution in [1.82, 2.24) is 0 Å². The van der Waals surface area contributed by atoms with Crippen molar-refractivity contribution < 1.29 is 42.8 Å². The number of aromatic hydroxyl groups is 1. The minimum atomic E-state index is -3.06. The Balaban J connectivity index is 1.75. The number of carbonyl (C=O) groups excluding carboxylic acids is 1. The number of aliphatic carboxylic acids is 1. The van der Waals surface area contributed by atoms with Gasteiger partial charge in [-0.2, -0.15) is 0 Å². The number of halogens is 2. The van der Waals surface area contributed by atoms with E-state index in [0.717, 1.165) is 0 Å². The summed E-state index contributed by atoms with van der Waals surface area (Å²) in [5.41, 5.74) is -4.88. The zero-order chi connectivity index (χ0) is 24.7. The van der Waals surface area contributed by atoms with Gasteiger partial charge in [-0.05, 0) is 26.0 Å². The molecule has 1 saturated heterocycles. The number of anilines is 1. The fraction of sp³-hybridized carbons (Fsp3) is 0.417. The van der Waals surface area contributed by atoms with Gasteiger partial charge in [-0.1, -0.05) is 6.07 Å². The van der Waals surface area contributed by atoms with E-state index in [9.17, 15) is 24.2 Å². The standard InChI is InChI=1S/C24H25F2NO7/c1-14-16(25)4-3-5-18(14)33-13-23(2)24(26,12-20(29)30)22(31)21-17(28)10-15(11-19(21)34-23)27-6-8-32-9-7-27/h3-5,10-11,28H,6-9,12-13H2,1-2H3,(H,29,30). The third-order valence-corrected chi connectivity index (χ3v) is 6.32. The molecule has 8 nitrogen and oxygen atoms in total. The van der Waals surface area contributed by atoms with Crippen molar-refractivity contribution in [3.8, 4) is 17.2 Å². The van der Waals surface area contributed by atoms with Crippen molar-refractivity contribution in [2.75, 3.05) is 37.8 Å². The summed E-state index contributed by atoms with van der Waals surface area (Å²) in [4.78, 5) is 26.7. The van der Waals surface area contributed by atoms with Crippen molar-refractivity contribution in [2.24, 2.45) is 0 Å². The normalized spacial score (nSPS) is 24.4. The number of benzene rings is 2. The third-order valence-electron chi connectivity index (χ3n) is 6.32. The van der Waals surface area contributed by atoms with Crippen LogP contribution < -0.4 is 14.4 Å². The quantitative estimate of drug-likeness (QED) is 0.653. The molecule has 2 N–H and O–H groups in total. The molecule has 2 aromatic rings. The zero-order valence-corrected chi connectivity index (χ0v) is 18.8. The minimum absolute atomic E-state index is 0.0905. The summed E-state index contributed by atoms with van der Waals surface area (Å²) in [5, 5.41) is 20.0. The third kappa shape index (κ3) is 4.02. The maximum Gasteiger partial charge on any atom is 0.307 e. The molecule has 34 heavy (non-hydrogen) atoms. The maximum atomic E-state index is 16.3. The van der Waals surface area contributed by atoms with Crippen LogP contribution in [0.4, 0.5) is 14.5 Å². The van der Waals surface area contributed by atoms with Gasteiger partial charge in [0.15, 0.2) is 5.60 Å². The molecule has 0 saturated carbocycles.